The van der Waals surface area contributed by atoms with Gasteiger partial charge in [0.15, 0.2) is 0 Å². The predicted molar refractivity (Wildman–Crippen MR) is 41.4 cm³/mol. The topological polar surface area (TPSA) is 26.0 Å². The summed E-state index contributed by atoms with van der Waals surface area (Å²) in [4.78, 5) is 0. The maximum Gasteiger partial charge on any atom is 0.0332 e. The quantitative estimate of drug-likeness (QED) is 0.568. The van der Waals surface area contributed by atoms with E-state index in [1.165, 1.54) is 11.1 Å². The highest BCUT2D eigenvalue weighted by molar-refractivity contribution is 5.37. The second kappa shape index (κ2) is 2.10. The fourth-order valence-corrected chi connectivity index (χ4v) is 1.43. The summed E-state index contributed by atoms with van der Waals surface area (Å²) in [5.74, 6) is 0. The van der Waals surface area contributed by atoms with Crippen molar-refractivity contribution in [3.05, 3.63) is 41.8 Å². The highest BCUT2D eigenvalue weighted by atomic mass is 14.6. The van der Waals surface area contributed by atoms with Crippen molar-refractivity contribution in [2.75, 3.05) is 0 Å². The molecule has 1 aromatic rings. The van der Waals surface area contributed by atoms with Gasteiger partial charge in [-0.15, -0.1) is 0 Å². The smallest absolute Gasteiger partial charge is 0.0332 e. The minimum Gasteiger partial charge on any atom is -0.324 e. The minimum absolute atomic E-state index is 0.177. The zero-order chi connectivity index (χ0) is 6.97. The molecule has 2 rings (SSSR count). The van der Waals surface area contributed by atoms with Crippen LogP contribution >= 0.6 is 0 Å². The van der Waals surface area contributed by atoms with Gasteiger partial charge in [-0.1, -0.05) is 24.3 Å². The summed E-state index contributed by atoms with van der Waals surface area (Å²) in [7, 11) is 0. The molecule has 10 heavy (non-hydrogen) atoms. The van der Waals surface area contributed by atoms with Gasteiger partial charge < -0.3 is 5.73 Å². The van der Waals surface area contributed by atoms with Crippen LogP contribution in [0.2, 0.25) is 0 Å². The third kappa shape index (κ3) is 0.745. The van der Waals surface area contributed by atoms with Crippen molar-refractivity contribution in [3.63, 3.8) is 0 Å². The summed E-state index contributed by atoms with van der Waals surface area (Å²) < 4.78 is 0. The number of nitrogens with two attached hydrogens (primary N) is 1. The highest BCUT2D eigenvalue weighted by Crippen LogP contribution is 2.27. The standard InChI is InChI=1S/C9H10N/c10-9-6-5-7-3-1-2-4-8(7)9/h1-4,6,9H,5,10H2. The van der Waals surface area contributed by atoms with Crippen molar-refractivity contribution in [1.82, 2.24) is 0 Å². The van der Waals surface area contributed by atoms with Crippen molar-refractivity contribution >= 4 is 0 Å². The Morgan fingerprint density at radius 2 is 2.10 bits per heavy atom. The van der Waals surface area contributed by atoms with Crippen LogP contribution in [-0.2, 0) is 6.42 Å². The molecular weight excluding hydrogens is 122 g/mol. The Morgan fingerprint density at radius 3 is 2.90 bits per heavy atom. The molecule has 0 fully saturated rings. The first-order valence-electron chi connectivity index (χ1n) is 3.54. The second-order valence-electron chi connectivity index (χ2n) is 2.66. The van der Waals surface area contributed by atoms with E-state index < -0.39 is 0 Å². The van der Waals surface area contributed by atoms with E-state index in [1.807, 2.05) is 6.07 Å². The van der Waals surface area contributed by atoms with E-state index >= 15 is 0 Å². The minimum atomic E-state index is 0.177. The average molecular weight is 132 g/mol. The summed E-state index contributed by atoms with van der Waals surface area (Å²) >= 11 is 0. The molecule has 0 aromatic heterocycles. The summed E-state index contributed by atoms with van der Waals surface area (Å²) in [5, 5.41) is 0. The Bertz CT molecular complexity index is 242. The molecule has 0 spiro atoms. The number of rotatable bonds is 0. The van der Waals surface area contributed by atoms with Gasteiger partial charge in [-0.3, -0.25) is 0 Å². The molecule has 0 amide bonds. The monoisotopic (exact) mass is 132 g/mol. The lowest BCUT2D eigenvalue weighted by Crippen LogP contribution is -2.05. The van der Waals surface area contributed by atoms with Gasteiger partial charge in [0.1, 0.15) is 0 Å². The van der Waals surface area contributed by atoms with Gasteiger partial charge in [0, 0.05) is 6.04 Å². The van der Waals surface area contributed by atoms with E-state index in [0.29, 0.717) is 0 Å². The van der Waals surface area contributed by atoms with Crippen LogP contribution in [0.4, 0.5) is 0 Å². The van der Waals surface area contributed by atoms with Gasteiger partial charge in [0.05, 0.1) is 0 Å². The van der Waals surface area contributed by atoms with Crippen molar-refractivity contribution in [2.45, 2.75) is 12.5 Å². The Labute approximate surface area is 60.9 Å². The van der Waals surface area contributed by atoms with Crippen molar-refractivity contribution in [1.29, 1.82) is 0 Å². The molecule has 0 aliphatic heterocycles. The Hall–Kier alpha value is -0.820. The number of benzene rings is 1. The zero-order valence-corrected chi connectivity index (χ0v) is 5.75. The first-order chi connectivity index (χ1) is 4.88. The SMILES string of the molecule is NC1[CH]Cc2ccccc21. The third-order valence-corrected chi connectivity index (χ3v) is 2.01. The first-order valence-corrected chi connectivity index (χ1v) is 3.54. The van der Waals surface area contributed by atoms with Crippen molar-refractivity contribution in [3.8, 4) is 0 Å². The fourth-order valence-electron chi connectivity index (χ4n) is 1.43. The Morgan fingerprint density at radius 1 is 1.30 bits per heavy atom. The van der Waals surface area contributed by atoms with Gasteiger partial charge in [0.2, 0.25) is 0 Å². The van der Waals surface area contributed by atoms with E-state index in [1.54, 1.807) is 0 Å². The second-order valence-corrected chi connectivity index (χ2v) is 2.66. The van der Waals surface area contributed by atoms with Crippen LogP contribution in [0.3, 0.4) is 0 Å². The van der Waals surface area contributed by atoms with Gasteiger partial charge in [0.25, 0.3) is 0 Å². The highest BCUT2D eigenvalue weighted by Gasteiger charge is 2.17. The van der Waals surface area contributed by atoms with E-state index in [0.717, 1.165) is 6.42 Å². The third-order valence-electron chi connectivity index (χ3n) is 2.01. The van der Waals surface area contributed by atoms with Crippen LogP contribution in [0.5, 0.6) is 0 Å². The molecule has 2 N–H and O–H groups in total. The lowest BCUT2D eigenvalue weighted by molar-refractivity contribution is 0.869. The fraction of sp³-hybridized carbons (Fsp3) is 0.222. The molecule has 0 heterocycles. The lowest BCUT2D eigenvalue weighted by atomic mass is 10.1. The molecule has 1 heteroatoms. The van der Waals surface area contributed by atoms with Crippen molar-refractivity contribution in [2.24, 2.45) is 5.73 Å². The lowest BCUT2D eigenvalue weighted by Gasteiger charge is -2.01. The van der Waals surface area contributed by atoms with E-state index in [4.69, 9.17) is 5.73 Å². The molecule has 1 radical (unpaired) electrons. The summed E-state index contributed by atoms with van der Waals surface area (Å²) in [6.07, 6.45) is 3.18. The van der Waals surface area contributed by atoms with E-state index in [9.17, 15) is 0 Å². The summed E-state index contributed by atoms with van der Waals surface area (Å²) in [6, 6.07) is 8.52. The van der Waals surface area contributed by atoms with Gasteiger partial charge in [-0.05, 0) is 24.0 Å². The Balaban J connectivity index is 2.51. The van der Waals surface area contributed by atoms with Crippen molar-refractivity contribution < 1.29 is 0 Å². The molecule has 0 saturated carbocycles. The van der Waals surface area contributed by atoms with E-state index in [-0.39, 0.29) is 6.04 Å². The number of hydrogen-bond donors (Lipinski definition) is 1. The average Bonchev–Trinajstić information content (AvgIpc) is 2.34. The molecule has 1 atom stereocenters. The maximum atomic E-state index is 5.79. The Kier molecular flexibility index (Phi) is 1.24. The molecule has 1 unspecified atom stereocenters. The summed E-state index contributed by atoms with van der Waals surface area (Å²) in [6.45, 7) is 0. The zero-order valence-electron chi connectivity index (χ0n) is 5.75. The van der Waals surface area contributed by atoms with Gasteiger partial charge in [-0.25, -0.2) is 0 Å². The van der Waals surface area contributed by atoms with Crippen LogP contribution in [-0.4, -0.2) is 0 Å². The van der Waals surface area contributed by atoms with E-state index in [2.05, 4.69) is 24.6 Å². The predicted octanol–water partition coefficient (Wildman–Crippen LogP) is 1.45. The van der Waals surface area contributed by atoms with Gasteiger partial charge >= 0.3 is 0 Å². The molecular formula is C9H10N. The molecule has 0 saturated heterocycles. The molecule has 1 aliphatic carbocycles. The van der Waals surface area contributed by atoms with Crippen LogP contribution in [0.15, 0.2) is 24.3 Å². The largest absolute Gasteiger partial charge is 0.324 e. The molecule has 0 bridgehead atoms. The maximum absolute atomic E-state index is 5.79. The molecule has 1 aliphatic rings. The summed E-state index contributed by atoms with van der Waals surface area (Å²) in [5.41, 5.74) is 8.47. The number of fused-ring (bicyclic) bond motifs is 1. The molecule has 1 nitrogen and oxygen atoms in total. The van der Waals surface area contributed by atoms with Crippen LogP contribution in [0.1, 0.15) is 17.2 Å². The van der Waals surface area contributed by atoms with Crippen LogP contribution < -0.4 is 5.73 Å². The molecule has 51 valence electrons. The normalized spacial score (nSPS) is 22.7. The van der Waals surface area contributed by atoms with Gasteiger partial charge in [-0.2, -0.15) is 0 Å². The van der Waals surface area contributed by atoms with Crippen LogP contribution in [0, 0.1) is 6.42 Å². The van der Waals surface area contributed by atoms with Crippen LogP contribution in [0.25, 0.3) is 0 Å². The first kappa shape index (κ1) is 5.93. The molecule has 1 aromatic carbocycles. The number of hydrogen-bond acceptors (Lipinski definition) is 1.